The van der Waals surface area contributed by atoms with Crippen molar-refractivity contribution in [1.82, 2.24) is 15.5 Å². The van der Waals surface area contributed by atoms with E-state index in [0.717, 1.165) is 62.5 Å². The number of benzene rings is 2. The molecule has 30 heavy (non-hydrogen) atoms. The molecule has 7 heteroatoms. The summed E-state index contributed by atoms with van der Waals surface area (Å²) < 4.78 is 13.1. The van der Waals surface area contributed by atoms with Crippen LogP contribution >= 0.6 is 24.0 Å². The van der Waals surface area contributed by atoms with Crippen molar-refractivity contribution >= 4 is 29.9 Å². The van der Waals surface area contributed by atoms with Gasteiger partial charge >= 0.3 is 0 Å². The lowest BCUT2D eigenvalue weighted by atomic mass is 10.0. The predicted molar refractivity (Wildman–Crippen MR) is 131 cm³/mol. The Balaban J connectivity index is 0.00000320. The molecular formula is C23H32FIN4O. The molecule has 1 aliphatic rings. The van der Waals surface area contributed by atoms with Crippen molar-refractivity contribution in [2.75, 3.05) is 26.2 Å². The van der Waals surface area contributed by atoms with Crippen LogP contribution in [-0.4, -0.2) is 48.2 Å². The summed E-state index contributed by atoms with van der Waals surface area (Å²) in [5.41, 5.74) is 2.23. The quantitative estimate of drug-likeness (QED) is 0.291. The molecule has 0 saturated carbocycles. The molecule has 1 saturated heterocycles. The molecule has 1 fully saturated rings. The van der Waals surface area contributed by atoms with Gasteiger partial charge in [0.15, 0.2) is 5.96 Å². The minimum absolute atomic E-state index is 0. The number of aliphatic imine (C=N–C) groups is 1. The molecule has 0 radical (unpaired) electrons. The Morgan fingerprint density at radius 3 is 2.53 bits per heavy atom. The lowest BCUT2D eigenvalue weighted by Gasteiger charge is -2.33. The van der Waals surface area contributed by atoms with Crippen LogP contribution in [0.5, 0.6) is 5.75 Å². The second-order valence-electron chi connectivity index (χ2n) is 7.50. The molecule has 1 aliphatic heterocycles. The maximum atomic E-state index is 13.1. The number of piperidine rings is 1. The van der Waals surface area contributed by atoms with Crippen molar-refractivity contribution < 1.29 is 9.50 Å². The first-order valence-corrected chi connectivity index (χ1v) is 10.4. The molecule has 0 amide bonds. The van der Waals surface area contributed by atoms with E-state index >= 15 is 0 Å². The monoisotopic (exact) mass is 526 g/mol. The SMILES string of the molecule is CCNC(=NCCc1cccc(O)c1)NC1CCN(Cc2ccc(F)cc2)CC1.I. The van der Waals surface area contributed by atoms with Crippen LogP contribution in [-0.2, 0) is 13.0 Å². The van der Waals surface area contributed by atoms with E-state index in [-0.39, 0.29) is 29.8 Å². The lowest BCUT2D eigenvalue weighted by Crippen LogP contribution is -2.48. The van der Waals surface area contributed by atoms with E-state index in [2.05, 4.69) is 22.5 Å². The number of hydrogen-bond donors (Lipinski definition) is 3. The van der Waals surface area contributed by atoms with Crippen molar-refractivity contribution in [3.8, 4) is 5.75 Å². The number of hydrogen-bond acceptors (Lipinski definition) is 3. The van der Waals surface area contributed by atoms with Crippen LogP contribution < -0.4 is 10.6 Å². The van der Waals surface area contributed by atoms with Gasteiger partial charge in [-0.1, -0.05) is 24.3 Å². The van der Waals surface area contributed by atoms with Crippen LogP contribution in [0.25, 0.3) is 0 Å². The number of phenols is 1. The maximum absolute atomic E-state index is 13.1. The Kier molecular flexibility index (Phi) is 10.4. The molecule has 0 spiro atoms. The molecule has 0 bridgehead atoms. The number of aromatic hydroxyl groups is 1. The summed E-state index contributed by atoms with van der Waals surface area (Å²) in [6.07, 6.45) is 2.90. The van der Waals surface area contributed by atoms with Crippen LogP contribution in [0, 0.1) is 5.82 Å². The standard InChI is InChI=1S/C23H31FN4O.HI/c1-2-25-23(26-13-10-18-4-3-5-22(29)16-18)27-21-11-14-28(15-12-21)17-19-6-8-20(24)9-7-19;/h3-9,16,21,29H,2,10-15,17H2,1H3,(H2,25,26,27);1H. The minimum atomic E-state index is -0.184. The van der Waals surface area contributed by atoms with Gasteiger partial charge in [-0.3, -0.25) is 9.89 Å². The maximum Gasteiger partial charge on any atom is 0.191 e. The van der Waals surface area contributed by atoms with E-state index < -0.39 is 0 Å². The van der Waals surface area contributed by atoms with E-state index in [1.807, 2.05) is 24.3 Å². The van der Waals surface area contributed by atoms with Gasteiger partial charge in [-0.05, 0) is 61.6 Å². The second kappa shape index (κ2) is 12.7. The molecule has 3 rings (SSSR count). The summed E-state index contributed by atoms with van der Waals surface area (Å²) in [5.74, 6) is 0.963. The summed E-state index contributed by atoms with van der Waals surface area (Å²) in [4.78, 5) is 7.11. The third-order valence-corrected chi connectivity index (χ3v) is 5.17. The molecule has 0 aromatic heterocycles. The molecule has 164 valence electrons. The van der Waals surface area contributed by atoms with Crippen LogP contribution in [0.4, 0.5) is 4.39 Å². The van der Waals surface area contributed by atoms with Gasteiger partial charge in [-0.2, -0.15) is 0 Å². The zero-order valence-electron chi connectivity index (χ0n) is 17.5. The minimum Gasteiger partial charge on any atom is -0.508 e. The first-order chi connectivity index (χ1) is 14.1. The van der Waals surface area contributed by atoms with Gasteiger partial charge in [0.25, 0.3) is 0 Å². The first kappa shape index (κ1) is 24.4. The molecule has 3 N–H and O–H groups in total. The smallest absolute Gasteiger partial charge is 0.191 e. The number of nitrogens with zero attached hydrogens (tertiary/aromatic N) is 2. The third kappa shape index (κ3) is 8.10. The van der Waals surface area contributed by atoms with Crippen molar-refractivity contribution in [3.05, 3.63) is 65.5 Å². The molecule has 5 nitrogen and oxygen atoms in total. The van der Waals surface area contributed by atoms with Crippen molar-refractivity contribution in [1.29, 1.82) is 0 Å². The summed E-state index contributed by atoms with van der Waals surface area (Å²) in [5, 5.41) is 16.5. The highest BCUT2D eigenvalue weighted by Gasteiger charge is 2.20. The van der Waals surface area contributed by atoms with Crippen molar-refractivity contribution in [3.63, 3.8) is 0 Å². The van der Waals surface area contributed by atoms with E-state index in [0.29, 0.717) is 18.3 Å². The molecular weight excluding hydrogens is 494 g/mol. The number of nitrogens with one attached hydrogen (secondary N) is 2. The van der Waals surface area contributed by atoms with Crippen LogP contribution in [0.15, 0.2) is 53.5 Å². The van der Waals surface area contributed by atoms with Crippen LogP contribution in [0.1, 0.15) is 30.9 Å². The average molecular weight is 526 g/mol. The van der Waals surface area contributed by atoms with Gasteiger partial charge in [0.2, 0.25) is 0 Å². The number of phenolic OH excluding ortho intramolecular Hbond substituents is 1. The summed E-state index contributed by atoms with van der Waals surface area (Å²) >= 11 is 0. The fraction of sp³-hybridized carbons (Fsp3) is 0.435. The number of rotatable bonds is 7. The first-order valence-electron chi connectivity index (χ1n) is 10.4. The van der Waals surface area contributed by atoms with Crippen molar-refractivity contribution in [2.45, 2.75) is 38.8 Å². The summed E-state index contributed by atoms with van der Waals surface area (Å²) in [7, 11) is 0. The molecule has 0 atom stereocenters. The highest BCUT2D eigenvalue weighted by molar-refractivity contribution is 14.0. The average Bonchev–Trinajstić information content (AvgIpc) is 2.71. The molecule has 2 aromatic carbocycles. The Labute approximate surface area is 195 Å². The van der Waals surface area contributed by atoms with E-state index in [4.69, 9.17) is 4.99 Å². The van der Waals surface area contributed by atoms with E-state index in [9.17, 15) is 9.50 Å². The zero-order valence-corrected chi connectivity index (χ0v) is 19.8. The molecule has 1 heterocycles. The fourth-order valence-corrected chi connectivity index (χ4v) is 3.61. The highest BCUT2D eigenvalue weighted by atomic mass is 127. The Morgan fingerprint density at radius 1 is 1.13 bits per heavy atom. The van der Waals surface area contributed by atoms with Crippen LogP contribution in [0.3, 0.4) is 0 Å². The fourth-order valence-electron chi connectivity index (χ4n) is 3.61. The van der Waals surface area contributed by atoms with Crippen molar-refractivity contribution in [2.24, 2.45) is 4.99 Å². The van der Waals surface area contributed by atoms with E-state index in [1.54, 1.807) is 12.1 Å². The van der Waals surface area contributed by atoms with Gasteiger partial charge in [-0.15, -0.1) is 24.0 Å². The number of likely N-dealkylation sites (tertiary alicyclic amines) is 1. The Morgan fingerprint density at radius 2 is 1.87 bits per heavy atom. The second-order valence-corrected chi connectivity index (χ2v) is 7.50. The van der Waals surface area contributed by atoms with Gasteiger partial charge in [-0.25, -0.2) is 4.39 Å². The zero-order chi connectivity index (χ0) is 20.5. The molecule has 2 aromatic rings. The highest BCUT2D eigenvalue weighted by Crippen LogP contribution is 2.15. The number of halogens is 2. The molecule has 0 unspecified atom stereocenters. The van der Waals surface area contributed by atoms with Gasteiger partial charge in [0, 0.05) is 38.8 Å². The third-order valence-electron chi connectivity index (χ3n) is 5.17. The van der Waals surface area contributed by atoms with Gasteiger partial charge in [0.1, 0.15) is 11.6 Å². The normalized spacial score (nSPS) is 15.5. The van der Waals surface area contributed by atoms with Crippen LogP contribution in [0.2, 0.25) is 0 Å². The topological polar surface area (TPSA) is 59.9 Å². The largest absolute Gasteiger partial charge is 0.508 e. The Hall–Kier alpha value is -1.87. The summed E-state index contributed by atoms with van der Waals surface area (Å²) in [6.45, 7) is 6.45. The number of guanidine groups is 1. The lowest BCUT2D eigenvalue weighted by molar-refractivity contribution is 0.198. The van der Waals surface area contributed by atoms with E-state index in [1.165, 1.54) is 12.1 Å². The van der Waals surface area contributed by atoms with Gasteiger partial charge < -0.3 is 15.7 Å². The summed E-state index contributed by atoms with van der Waals surface area (Å²) in [6, 6.07) is 14.5. The predicted octanol–water partition coefficient (Wildman–Crippen LogP) is 3.91. The molecule has 0 aliphatic carbocycles. The van der Waals surface area contributed by atoms with Gasteiger partial charge in [0.05, 0.1) is 0 Å². The Bertz CT molecular complexity index is 792.